The Hall–Kier alpha value is -1.06. The van der Waals surface area contributed by atoms with E-state index in [1.165, 1.54) is 11.1 Å². The molecular formula is C12H15NO2. The van der Waals surface area contributed by atoms with Crippen LogP contribution < -0.4 is 10.5 Å². The Labute approximate surface area is 89.2 Å². The zero-order chi connectivity index (χ0) is 10.3. The van der Waals surface area contributed by atoms with E-state index in [1.54, 1.807) is 0 Å². The Morgan fingerprint density at radius 2 is 2.20 bits per heavy atom. The van der Waals surface area contributed by atoms with Crippen LogP contribution in [0.5, 0.6) is 5.75 Å². The fraction of sp³-hybridized carbons (Fsp3) is 0.500. The fourth-order valence-electron chi connectivity index (χ4n) is 2.27. The highest BCUT2D eigenvalue weighted by molar-refractivity contribution is 5.43. The maximum atomic E-state index is 5.83. The van der Waals surface area contributed by atoms with Crippen molar-refractivity contribution in [2.24, 2.45) is 5.73 Å². The van der Waals surface area contributed by atoms with Gasteiger partial charge in [-0.2, -0.15) is 0 Å². The molecule has 0 bridgehead atoms. The summed E-state index contributed by atoms with van der Waals surface area (Å²) in [7, 11) is 0. The Balaban J connectivity index is 1.98. The number of nitrogens with two attached hydrogens (primary N) is 1. The zero-order valence-corrected chi connectivity index (χ0v) is 8.66. The first kappa shape index (κ1) is 9.19. The van der Waals surface area contributed by atoms with Crippen molar-refractivity contribution in [1.29, 1.82) is 0 Å². The smallest absolute Gasteiger partial charge is 0.122 e. The summed E-state index contributed by atoms with van der Waals surface area (Å²) in [6.07, 6.45) is 1.02. The van der Waals surface area contributed by atoms with E-state index in [9.17, 15) is 0 Å². The average molecular weight is 205 g/mol. The van der Waals surface area contributed by atoms with Gasteiger partial charge in [0.2, 0.25) is 0 Å². The van der Waals surface area contributed by atoms with Crippen LogP contribution in [0.1, 0.15) is 11.1 Å². The summed E-state index contributed by atoms with van der Waals surface area (Å²) >= 11 is 0. The van der Waals surface area contributed by atoms with Gasteiger partial charge in [-0.25, -0.2) is 0 Å². The topological polar surface area (TPSA) is 44.5 Å². The van der Waals surface area contributed by atoms with Crippen LogP contribution in [0.4, 0.5) is 0 Å². The molecule has 3 nitrogen and oxygen atoms in total. The number of fused-ring (bicyclic) bond motifs is 1. The van der Waals surface area contributed by atoms with E-state index in [0.29, 0.717) is 6.54 Å². The summed E-state index contributed by atoms with van der Waals surface area (Å²) in [6.45, 7) is 2.98. The second-order valence-corrected chi connectivity index (χ2v) is 4.40. The largest absolute Gasteiger partial charge is 0.493 e. The van der Waals surface area contributed by atoms with Crippen LogP contribution >= 0.6 is 0 Å². The molecule has 1 aromatic carbocycles. The summed E-state index contributed by atoms with van der Waals surface area (Å²) in [6, 6.07) is 6.42. The van der Waals surface area contributed by atoms with E-state index in [-0.39, 0.29) is 5.41 Å². The number of hydrogen-bond acceptors (Lipinski definition) is 3. The molecule has 0 amide bonds. The fourth-order valence-corrected chi connectivity index (χ4v) is 2.27. The highest BCUT2D eigenvalue weighted by Crippen LogP contribution is 2.35. The minimum Gasteiger partial charge on any atom is -0.493 e. The van der Waals surface area contributed by atoms with Gasteiger partial charge in [0.05, 0.1) is 25.2 Å². The van der Waals surface area contributed by atoms with Gasteiger partial charge in [-0.15, -0.1) is 0 Å². The van der Waals surface area contributed by atoms with Crippen molar-refractivity contribution < 1.29 is 9.47 Å². The quantitative estimate of drug-likeness (QED) is 0.778. The van der Waals surface area contributed by atoms with Crippen molar-refractivity contribution in [2.75, 3.05) is 26.4 Å². The third-order valence-electron chi connectivity index (χ3n) is 3.45. The summed E-state index contributed by atoms with van der Waals surface area (Å²) in [5.41, 5.74) is 8.52. The number of benzene rings is 1. The maximum Gasteiger partial charge on any atom is 0.122 e. The molecule has 80 valence electrons. The molecule has 15 heavy (non-hydrogen) atoms. The number of hydrogen-bond donors (Lipinski definition) is 1. The number of ether oxygens (including phenoxy) is 2. The highest BCUT2D eigenvalue weighted by Gasteiger charge is 2.39. The van der Waals surface area contributed by atoms with Gasteiger partial charge in [0.15, 0.2) is 0 Å². The second-order valence-electron chi connectivity index (χ2n) is 4.40. The van der Waals surface area contributed by atoms with E-state index in [0.717, 1.165) is 32.0 Å². The molecular weight excluding hydrogens is 190 g/mol. The monoisotopic (exact) mass is 205 g/mol. The summed E-state index contributed by atoms with van der Waals surface area (Å²) in [5, 5.41) is 0. The Morgan fingerprint density at radius 1 is 1.33 bits per heavy atom. The maximum absolute atomic E-state index is 5.83. The minimum atomic E-state index is 0.0671. The number of rotatable bonds is 2. The van der Waals surface area contributed by atoms with Crippen molar-refractivity contribution >= 4 is 0 Å². The predicted octanol–water partition coefficient (Wildman–Crippen LogP) is 0.848. The molecule has 1 saturated heterocycles. The average Bonchev–Trinajstić information content (AvgIpc) is 2.64. The molecule has 2 heterocycles. The lowest BCUT2D eigenvalue weighted by Gasteiger charge is -2.41. The van der Waals surface area contributed by atoms with Crippen molar-refractivity contribution in [3.05, 3.63) is 29.3 Å². The van der Waals surface area contributed by atoms with Crippen LogP contribution in [0.25, 0.3) is 0 Å². The third kappa shape index (κ3) is 1.27. The second kappa shape index (κ2) is 3.22. The Kier molecular flexibility index (Phi) is 1.97. The van der Waals surface area contributed by atoms with Crippen LogP contribution in [0.15, 0.2) is 18.2 Å². The van der Waals surface area contributed by atoms with Gasteiger partial charge in [-0.05, 0) is 17.2 Å². The Bertz CT molecular complexity index is 380. The van der Waals surface area contributed by atoms with E-state index < -0.39 is 0 Å². The van der Waals surface area contributed by atoms with Crippen molar-refractivity contribution in [3.8, 4) is 5.75 Å². The summed E-state index contributed by atoms with van der Waals surface area (Å²) in [4.78, 5) is 0. The Morgan fingerprint density at radius 3 is 2.87 bits per heavy atom. The lowest BCUT2D eigenvalue weighted by Crippen LogP contribution is -2.52. The van der Waals surface area contributed by atoms with Crippen LogP contribution in [-0.4, -0.2) is 26.4 Å². The lowest BCUT2D eigenvalue weighted by atomic mass is 9.78. The molecule has 3 heteroatoms. The first-order chi connectivity index (χ1) is 7.34. The van der Waals surface area contributed by atoms with Crippen LogP contribution in [0, 0.1) is 0 Å². The van der Waals surface area contributed by atoms with Crippen LogP contribution in [-0.2, 0) is 16.6 Å². The standard InChI is InChI=1S/C12H15NO2/c13-6-12(7-14-8-12)10-1-2-11-9(5-10)3-4-15-11/h1-2,5H,3-4,6-8,13H2. The van der Waals surface area contributed by atoms with Crippen molar-refractivity contribution in [3.63, 3.8) is 0 Å². The van der Waals surface area contributed by atoms with Gasteiger partial charge in [0, 0.05) is 13.0 Å². The molecule has 0 radical (unpaired) electrons. The van der Waals surface area contributed by atoms with Gasteiger partial charge in [0.25, 0.3) is 0 Å². The van der Waals surface area contributed by atoms with Gasteiger partial charge in [-0.1, -0.05) is 12.1 Å². The molecule has 0 unspecified atom stereocenters. The molecule has 0 spiro atoms. The van der Waals surface area contributed by atoms with E-state index >= 15 is 0 Å². The van der Waals surface area contributed by atoms with Gasteiger partial charge < -0.3 is 15.2 Å². The predicted molar refractivity (Wildman–Crippen MR) is 57.2 cm³/mol. The van der Waals surface area contributed by atoms with E-state index in [2.05, 4.69) is 18.2 Å². The van der Waals surface area contributed by atoms with E-state index in [4.69, 9.17) is 15.2 Å². The van der Waals surface area contributed by atoms with Gasteiger partial charge >= 0.3 is 0 Å². The lowest BCUT2D eigenvalue weighted by molar-refractivity contribution is -0.0550. The summed E-state index contributed by atoms with van der Waals surface area (Å²) in [5.74, 6) is 1.03. The zero-order valence-electron chi connectivity index (χ0n) is 8.66. The molecule has 0 aromatic heterocycles. The summed E-state index contributed by atoms with van der Waals surface area (Å²) < 4.78 is 10.8. The SMILES string of the molecule is NCC1(c2ccc3c(c2)CCO3)COC1. The van der Waals surface area contributed by atoms with Crippen LogP contribution in [0.2, 0.25) is 0 Å². The molecule has 2 aliphatic rings. The molecule has 1 aromatic rings. The first-order valence-corrected chi connectivity index (χ1v) is 5.38. The minimum absolute atomic E-state index is 0.0671. The molecule has 0 aliphatic carbocycles. The molecule has 2 aliphatic heterocycles. The van der Waals surface area contributed by atoms with Crippen molar-refractivity contribution in [2.45, 2.75) is 11.8 Å². The van der Waals surface area contributed by atoms with Gasteiger partial charge in [-0.3, -0.25) is 0 Å². The van der Waals surface area contributed by atoms with Crippen LogP contribution in [0.3, 0.4) is 0 Å². The molecule has 0 atom stereocenters. The van der Waals surface area contributed by atoms with Crippen molar-refractivity contribution in [1.82, 2.24) is 0 Å². The highest BCUT2D eigenvalue weighted by atomic mass is 16.5. The first-order valence-electron chi connectivity index (χ1n) is 5.38. The third-order valence-corrected chi connectivity index (χ3v) is 3.45. The van der Waals surface area contributed by atoms with Gasteiger partial charge in [0.1, 0.15) is 5.75 Å². The van der Waals surface area contributed by atoms with E-state index in [1.807, 2.05) is 0 Å². The molecule has 3 rings (SSSR count). The molecule has 0 saturated carbocycles. The molecule has 1 fully saturated rings. The normalized spacial score (nSPS) is 21.7. The molecule has 2 N–H and O–H groups in total.